The molecule has 3 heteroatoms. The Bertz CT molecular complexity index is 1310. The van der Waals surface area contributed by atoms with Crippen LogP contribution in [-0.2, 0) is 5.41 Å². The van der Waals surface area contributed by atoms with E-state index < -0.39 is 0 Å². The molecule has 0 aromatic heterocycles. The zero-order chi connectivity index (χ0) is 27.1. The molecule has 0 N–H and O–H groups in total. The Balaban J connectivity index is 2.01. The van der Waals surface area contributed by atoms with Crippen LogP contribution >= 0.6 is 0 Å². The summed E-state index contributed by atoms with van der Waals surface area (Å²) in [6, 6.07) is 11.9. The Kier molecular flexibility index (Phi) is 7.65. The van der Waals surface area contributed by atoms with Crippen molar-refractivity contribution in [2.45, 2.75) is 98.1 Å². The van der Waals surface area contributed by atoms with Gasteiger partial charge in [-0.1, -0.05) is 65.1 Å². The highest BCUT2D eigenvalue weighted by molar-refractivity contribution is 6.16. The van der Waals surface area contributed by atoms with Crippen LogP contribution in [0.4, 0.5) is 0 Å². The van der Waals surface area contributed by atoms with Gasteiger partial charge in [0.2, 0.25) is 0 Å². The fraction of sp³-hybridized carbons (Fsp3) is 0.471. The molecule has 0 saturated carbocycles. The molecular weight excluding hydrogens is 450 g/mol. The van der Waals surface area contributed by atoms with Gasteiger partial charge in [-0.05, 0) is 85.6 Å². The fourth-order valence-corrected chi connectivity index (χ4v) is 6.18. The molecule has 37 heavy (non-hydrogen) atoms. The van der Waals surface area contributed by atoms with Crippen LogP contribution in [0.3, 0.4) is 0 Å². The Morgan fingerprint density at radius 2 is 1.81 bits per heavy atom. The lowest BCUT2D eigenvalue weighted by atomic mass is 9.73. The van der Waals surface area contributed by atoms with Crippen molar-refractivity contribution in [3.05, 3.63) is 83.2 Å². The van der Waals surface area contributed by atoms with Crippen molar-refractivity contribution < 1.29 is 0 Å². The van der Waals surface area contributed by atoms with Gasteiger partial charge in [0.25, 0.3) is 0 Å². The van der Waals surface area contributed by atoms with E-state index in [4.69, 9.17) is 9.98 Å². The summed E-state index contributed by atoms with van der Waals surface area (Å²) in [6.07, 6.45) is 4.87. The molecule has 2 heterocycles. The zero-order valence-corrected chi connectivity index (χ0v) is 24.3. The molecule has 2 aliphatic rings. The van der Waals surface area contributed by atoms with Gasteiger partial charge in [0.05, 0.1) is 11.8 Å². The van der Waals surface area contributed by atoms with Crippen LogP contribution in [0.25, 0.3) is 10.8 Å². The van der Waals surface area contributed by atoms with Crippen molar-refractivity contribution in [3.8, 4) is 0 Å². The van der Waals surface area contributed by atoms with E-state index in [1.54, 1.807) is 0 Å². The number of fused-ring (bicyclic) bond motifs is 5. The molecule has 2 aliphatic heterocycles. The smallest absolute Gasteiger partial charge is 0.0679 e. The first-order chi connectivity index (χ1) is 17.4. The zero-order valence-electron chi connectivity index (χ0n) is 24.3. The lowest BCUT2D eigenvalue weighted by Gasteiger charge is -2.37. The SMILES string of the molecule is C=C1CC2N=C(C(=C)CC)c3cc(C(C)(C)C)c4ccccc4c3C2CCN(C(C)C)/C(C)=C\C(C)=N1. The maximum Gasteiger partial charge on any atom is 0.0679 e. The molecule has 2 atom stereocenters. The normalized spacial score (nSPS) is 22.5. The standard InChI is InChI=1S/C34H45N3/c1-11-22(4)33-29-20-30(34(8,9)10)26-14-12-13-15-27(26)32(29)28-16-17-37(21(2)3)25(7)18-23(5)35-24(6)19-31(28)36-33/h12-15,18,20-21,28,31H,4,6,11,16-17,19H2,1-3,5,7-10H3/b25-18-,35-23?. The van der Waals surface area contributed by atoms with Gasteiger partial charge >= 0.3 is 0 Å². The minimum atomic E-state index is 0.0231. The predicted octanol–water partition coefficient (Wildman–Crippen LogP) is 8.74. The van der Waals surface area contributed by atoms with Gasteiger partial charge in [0.15, 0.2) is 0 Å². The number of rotatable bonds is 3. The lowest BCUT2D eigenvalue weighted by molar-refractivity contribution is 0.267. The molecule has 0 saturated heterocycles. The second-order valence-electron chi connectivity index (χ2n) is 12.2. The Morgan fingerprint density at radius 1 is 1.14 bits per heavy atom. The van der Waals surface area contributed by atoms with Crippen molar-refractivity contribution in [1.29, 1.82) is 0 Å². The van der Waals surface area contributed by atoms with Crippen molar-refractivity contribution in [2.75, 3.05) is 6.54 Å². The van der Waals surface area contributed by atoms with Crippen molar-refractivity contribution >= 4 is 22.2 Å². The average molecular weight is 496 g/mol. The van der Waals surface area contributed by atoms with Crippen LogP contribution in [0.5, 0.6) is 0 Å². The van der Waals surface area contributed by atoms with Gasteiger partial charge in [-0.3, -0.25) is 9.98 Å². The summed E-state index contributed by atoms with van der Waals surface area (Å²) in [5, 5.41) is 2.72. The fourth-order valence-electron chi connectivity index (χ4n) is 6.18. The van der Waals surface area contributed by atoms with Gasteiger partial charge in [-0.15, -0.1) is 0 Å². The summed E-state index contributed by atoms with van der Waals surface area (Å²) >= 11 is 0. The Hall–Kier alpha value is -2.94. The van der Waals surface area contributed by atoms with Crippen LogP contribution in [0, 0.1) is 0 Å². The highest BCUT2D eigenvalue weighted by Gasteiger charge is 2.35. The van der Waals surface area contributed by atoms with E-state index in [2.05, 4.69) is 110 Å². The van der Waals surface area contributed by atoms with Crippen LogP contribution in [0.2, 0.25) is 0 Å². The molecule has 2 aromatic rings. The summed E-state index contributed by atoms with van der Waals surface area (Å²) in [5.74, 6) is 0.279. The van der Waals surface area contributed by atoms with Crippen molar-refractivity contribution in [3.63, 3.8) is 0 Å². The molecule has 0 bridgehead atoms. The van der Waals surface area contributed by atoms with E-state index in [1.807, 2.05) is 0 Å². The van der Waals surface area contributed by atoms with E-state index >= 15 is 0 Å². The third kappa shape index (κ3) is 5.37. The number of hydrogen-bond donors (Lipinski definition) is 0. The van der Waals surface area contributed by atoms with E-state index in [0.717, 1.165) is 48.5 Å². The maximum atomic E-state index is 5.47. The molecule has 3 nitrogen and oxygen atoms in total. The second kappa shape index (κ2) is 10.4. The van der Waals surface area contributed by atoms with E-state index in [0.29, 0.717) is 6.04 Å². The summed E-state index contributed by atoms with van der Waals surface area (Å²) in [4.78, 5) is 12.9. The molecule has 0 aliphatic carbocycles. The first kappa shape index (κ1) is 27.1. The van der Waals surface area contributed by atoms with Crippen LogP contribution in [0.1, 0.15) is 97.3 Å². The van der Waals surface area contributed by atoms with E-state index in [1.165, 1.54) is 33.2 Å². The van der Waals surface area contributed by atoms with Gasteiger partial charge in [0.1, 0.15) is 0 Å². The van der Waals surface area contributed by atoms with Gasteiger partial charge in [-0.2, -0.15) is 0 Å². The molecule has 2 unspecified atom stereocenters. The number of aliphatic imine (C=N–C) groups is 2. The molecule has 0 spiro atoms. The number of nitrogens with zero attached hydrogens (tertiary/aromatic N) is 3. The average Bonchev–Trinajstić information content (AvgIpc) is 2.83. The predicted molar refractivity (Wildman–Crippen MR) is 162 cm³/mol. The maximum absolute atomic E-state index is 5.47. The quantitative estimate of drug-likeness (QED) is 0.418. The minimum Gasteiger partial charge on any atom is -0.373 e. The molecule has 2 aromatic carbocycles. The number of allylic oxidation sites excluding steroid dienone is 3. The minimum absolute atomic E-state index is 0.0231. The van der Waals surface area contributed by atoms with Crippen LogP contribution in [0.15, 0.2) is 76.5 Å². The van der Waals surface area contributed by atoms with E-state index in [-0.39, 0.29) is 17.4 Å². The third-order valence-electron chi connectivity index (χ3n) is 8.00. The van der Waals surface area contributed by atoms with Crippen LogP contribution in [-0.4, -0.2) is 35.0 Å². The number of hydrogen-bond acceptors (Lipinski definition) is 3. The first-order valence-electron chi connectivity index (χ1n) is 13.9. The molecule has 196 valence electrons. The molecule has 0 amide bonds. The monoisotopic (exact) mass is 495 g/mol. The topological polar surface area (TPSA) is 28.0 Å². The summed E-state index contributed by atoms with van der Waals surface area (Å²) in [5.41, 5.74) is 9.46. The molecule has 0 fully saturated rings. The third-order valence-corrected chi connectivity index (χ3v) is 8.00. The number of benzene rings is 2. The largest absolute Gasteiger partial charge is 0.373 e. The van der Waals surface area contributed by atoms with Gasteiger partial charge in [0, 0.05) is 47.6 Å². The van der Waals surface area contributed by atoms with Crippen LogP contribution < -0.4 is 0 Å². The summed E-state index contributed by atoms with van der Waals surface area (Å²) < 4.78 is 0. The highest BCUT2D eigenvalue weighted by Crippen LogP contribution is 2.45. The van der Waals surface area contributed by atoms with E-state index in [9.17, 15) is 0 Å². The second-order valence-corrected chi connectivity index (χ2v) is 12.2. The highest BCUT2D eigenvalue weighted by atomic mass is 15.2. The molecule has 4 rings (SSSR count). The first-order valence-corrected chi connectivity index (χ1v) is 13.9. The van der Waals surface area contributed by atoms with Crippen molar-refractivity contribution in [1.82, 2.24) is 4.90 Å². The molecular formula is C34H45N3. The van der Waals surface area contributed by atoms with Gasteiger partial charge in [-0.25, -0.2) is 0 Å². The summed E-state index contributed by atoms with van der Waals surface area (Å²) in [6.45, 7) is 27.8. The lowest BCUT2D eigenvalue weighted by Crippen LogP contribution is -2.34. The van der Waals surface area contributed by atoms with Gasteiger partial charge < -0.3 is 4.90 Å². The summed E-state index contributed by atoms with van der Waals surface area (Å²) in [7, 11) is 0. The molecule has 0 radical (unpaired) electrons. The Labute approximate surface area is 224 Å². The Morgan fingerprint density at radius 3 is 2.43 bits per heavy atom. The van der Waals surface area contributed by atoms with Crippen molar-refractivity contribution in [2.24, 2.45) is 9.98 Å².